The van der Waals surface area contributed by atoms with E-state index in [1.165, 1.54) is 23.1 Å². The highest BCUT2D eigenvalue weighted by molar-refractivity contribution is 5.30. The molecule has 1 rings (SSSR count). The van der Waals surface area contributed by atoms with Gasteiger partial charge in [0.25, 0.3) is 0 Å². The summed E-state index contributed by atoms with van der Waals surface area (Å²) in [7, 11) is 4.40. The van der Waals surface area contributed by atoms with Crippen LogP contribution in [0.5, 0.6) is 0 Å². The summed E-state index contributed by atoms with van der Waals surface area (Å²) in [5.41, 5.74) is 4.38. The summed E-state index contributed by atoms with van der Waals surface area (Å²) in [6.07, 6.45) is 3.41. The van der Waals surface area contributed by atoms with E-state index >= 15 is 0 Å². The van der Waals surface area contributed by atoms with Gasteiger partial charge < -0.3 is 10.2 Å². The minimum absolute atomic E-state index is 0.175. The van der Waals surface area contributed by atoms with Crippen molar-refractivity contribution < 1.29 is 0 Å². The molecule has 2 unspecified atom stereocenters. The first-order valence-corrected chi connectivity index (χ1v) is 8.32. The number of aryl methyl sites for hydroxylation is 2. The van der Waals surface area contributed by atoms with Gasteiger partial charge in [-0.2, -0.15) is 0 Å². The van der Waals surface area contributed by atoms with Crippen molar-refractivity contribution in [3.63, 3.8) is 0 Å². The van der Waals surface area contributed by atoms with E-state index in [0.717, 1.165) is 19.4 Å². The third kappa shape index (κ3) is 4.55. The lowest BCUT2D eigenvalue weighted by atomic mass is 9.83. The Labute approximate surface area is 131 Å². The fourth-order valence-electron chi connectivity index (χ4n) is 2.87. The SMILES string of the molecule is CCCNC(Cc1ccc(C)c(C)c1)C(C)(CC)N(C)C. The number of nitrogens with zero attached hydrogens (tertiary/aromatic N) is 1. The Balaban J connectivity index is 2.99. The highest BCUT2D eigenvalue weighted by atomic mass is 15.2. The summed E-state index contributed by atoms with van der Waals surface area (Å²) in [5.74, 6) is 0. The van der Waals surface area contributed by atoms with Crippen molar-refractivity contribution in [2.75, 3.05) is 20.6 Å². The second-order valence-corrected chi connectivity index (χ2v) is 6.73. The number of hydrogen-bond acceptors (Lipinski definition) is 2. The standard InChI is InChI=1S/C19H34N2/c1-8-12-20-18(19(5,9-2)21(6)7)14-17-11-10-15(3)16(4)13-17/h10-11,13,18,20H,8-9,12,14H2,1-7H3. The molecule has 1 aromatic rings. The summed E-state index contributed by atoms with van der Waals surface area (Å²) >= 11 is 0. The maximum Gasteiger partial charge on any atom is 0.0328 e. The molecule has 1 N–H and O–H groups in total. The maximum absolute atomic E-state index is 3.78. The zero-order valence-corrected chi connectivity index (χ0v) is 15.1. The van der Waals surface area contributed by atoms with Crippen LogP contribution in [0.4, 0.5) is 0 Å². The molecule has 0 aliphatic heterocycles. The molecule has 0 spiro atoms. The van der Waals surface area contributed by atoms with Gasteiger partial charge in [0.1, 0.15) is 0 Å². The average Bonchev–Trinajstić information content (AvgIpc) is 2.46. The first-order chi connectivity index (χ1) is 9.85. The van der Waals surface area contributed by atoms with Gasteiger partial charge in [0.15, 0.2) is 0 Å². The van der Waals surface area contributed by atoms with E-state index in [9.17, 15) is 0 Å². The average molecular weight is 290 g/mol. The van der Waals surface area contributed by atoms with Crippen LogP contribution in [0.2, 0.25) is 0 Å². The third-order valence-electron chi connectivity index (χ3n) is 5.14. The van der Waals surface area contributed by atoms with Crippen LogP contribution in [-0.4, -0.2) is 37.1 Å². The summed E-state index contributed by atoms with van der Waals surface area (Å²) in [4.78, 5) is 2.38. The molecular weight excluding hydrogens is 256 g/mol. The second-order valence-electron chi connectivity index (χ2n) is 6.73. The maximum atomic E-state index is 3.78. The van der Waals surface area contributed by atoms with Crippen LogP contribution in [0.3, 0.4) is 0 Å². The lowest BCUT2D eigenvalue weighted by Gasteiger charge is -2.43. The number of benzene rings is 1. The minimum Gasteiger partial charge on any atom is -0.312 e. The molecule has 0 heterocycles. The molecule has 2 nitrogen and oxygen atoms in total. The normalized spacial score (nSPS) is 16.0. The number of likely N-dealkylation sites (N-methyl/N-ethyl adjacent to an activating group) is 1. The van der Waals surface area contributed by atoms with Crippen LogP contribution in [-0.2, 0) is 6.42 Å². The molecule has 21 heavy (non-hydrogen) atoms. The van der Waals surface area contributed by atoms with Crippen molar-refractivity contribution in [3.05, 3.63) is 34.9 Å². The van der Waals surface area contributed by atoms with Crippen LogP contribution in [0, 0.1) is 13.8 Å². The van der Waals surface area contributed by atoms with Gasteiger partial charge in [-0.25, -0.2) is 0 Å². The van der Waals surface area contributed by atoms with Gasteiger partial charge in [-0.1, -0.05) is 32.0 Å². The quantitative estimate of drug-likeness (QED) is 0.780. The van der Waals surface area contributed by atoms with E-state index < -0.39 is 0 Å². The third-order valence-corrected chi connectivity index (χ3v) is 5.14. The molecule has 2 atom stereocenters. The molecule has 1 aromatic carbocycles. The largest absolute Gasteiger partial charge is 0.312 e. The van der Waals surface area contributed by atoms with Gasteiger partial charge in [0.05, 0.1) is 0 Å². The second kappa shape index (κ2) is 7.95. The first-order valence-electron chi connectivity index (χ1n) is 8.32. The predicted octanol–water partition coefficient (Wildman–Crippen LogP) is 3.94. The topological polar surface area (TPSA) is 15.3 Å². The Morgan fingerprint density at radius 2 is 1.81 bits per heavy atom. The van der Waals surface area contributed by atoms with E-state index in [2.05, 4.69) is 77.1 Å². The fourth-order valence-corrected chi connectivity index (χ4v) is 2.87. The molecular formula is C19H34N2. The van der Waals surface area contributed by atoms with E-state index in [4.69, 9.17) is 0 Å². The Morgan fingerprint density at radius 1 is 1.14 bits per heavy atom. The van der Waals surface area contributed by atoms with Gasteiger partial charge >= 0.3 is 0 Å². The van der Waals surface area contributed by atoms with Crippen LogP contribution < -0.4 is 5.32 Å². The van der Waals surface area contributed by atoms with E-state index in [1.807, 2.05) is 0 Å². The first kappa shape index (κ1) is 18.2. The van der Waals surface area contributed by atoms with Crippen molar-refractivity contribution in [1.29, 1.82) is 0 Å². The molecule has 0 radical (unpaired) electrons. The zero-order chi connectivity index (χ0) is 16.0. The molecule has 120 valence electrons. The summed E-state index contributed by atoms with van der Waals surface area (Å²) < 4.78 is 0. The molecule has 0 amide bonds. The Kier molecular flexibility index (Phi) is 6.89. The van der Waals surface area contributed by atoms with Gasteiger partial charge in [0.2, 0.25) is 0 Å². The van der Waals surface area contributed by atoms with Crippen molar-refractivity contribution >= 4 is 0 Å². The van der Waals surface area contributed by atoms with Gasteiger partial charge in [-0.05, 0) is 77.4 Å². The number of nitrogens with one attached hydrogen (secondary N) is 1. The Morgan fingerprint density at radius 3 is 2.29 bits per heavy atom. The lowest BCUT2D eigenvalue weighted by Crippen LogP contribution is -2.57. The molecule has 0 bridgehead atoms. The van der Waals surface area contributed by atoms with Crippen LogP contribution in [0.25, 0.3) is 0 Å². The number of rotatable bonds is 8. The molecule has 0 aromatic heterocycles. The van der Waals surface area contributed by atoms with E-state index in [0.29, 0.717) is 6.04 Å². The summed E-state index contributed by atoms with van der Waals surface area (Å²) in [6.45, 7) is 12.4. The summed E-state index contributed by atoms with van der Waals surface area (Å²) in [6, 6.07) is 7.36. The van der Waals surface area contributed by atoms with Crippen molar-refractivity contribution in [2.24, 2.45) is 0 Å². The predicted molar refractivity (Wildman–Crippen MR) is 94.1 cm³/mol. The molecule has 0 saturated carbocycles. The molecule has 0 saturated heterocycles. The van der Waals surface area contributed by atoms with Crippen molar-refractivity contribution in [2.45, 2.75) is 65.5 Å². The van der Waals surface area contributed by atoms with Crippen LogP contribution >= 0.6 is 0 Å². The number of hydrogen-bond donors (Lipinski definition) is 1. The van der Waals surface area contributed by atoms with E-state index in [-0.39, 0.29) is 5.54 Å². The highest BCUT2D eigenvalue weighted by Gasteiger charge is 2.34. The smallest absolute Gasteiger partial charge is 0.0328 e. The molecule has 0 aliphatic rings. The van der Waals surface area contributed by atoms with Crippen LogP contribution in [0.15, 0.2) is 18.2 Å². The fraction of sp³-hybridized carbons (Fsp3) is 0.684. The van der Waals surface area contributed by atoms with E-state index in [1.54, 1.807) is 0 Å². The van der Waals surface area contributed by atoms with Crippen LogP contribution in [0.1, 0.15) is 50.3 Å². The monoisotopic (exact) mass is 290 g/mol. The van der Waals surface area contributed by atoms with Crippen molar-refractivity contribution in [3.8, 4) is 0 Å². The lowest BCUT2D eigenvalue weighted by molar-refractivity contribution is 0.112. The molecule has 2 heteroatoms. The highest BCUT2D eigenvalue weighted by Crippen LogP contribution is 2.24. The van der Waals surface area contributed by atoms with Gasteiger partial charge in [-0.3, -0.25) is 0 Å². The summed E-state index contributed by atoms with van der Waals surface area (Å²) in [5, 5.41) is 3.78. The Bertz CT molecular complexity index is 439. The molecule has 0 aliphatic carbocycles. The Hall–Kier alpha value is -0.860. The van der Waals surface area contributed by atoms with Gasteiger partial charge in [0, 0.05) is 11.6 Å². The van der Waals surface area contributed by atoms with Crippen molar-refractivity contribution in [1.82, 2.24) is 10.2 Å². The molecule has 0 fully saturated rings. The van der Waals surface area contributed by atoms with Gasteiger partial charge in [-0.15, -0.1) is 0 Å². The zero-order valence-electron chi connectivity index (χ0n) is 15.1. The minimum atomic E-state index is 0.175.